The molecule has 0 amide bonds. The minimum absolute atomic E-state index is 0.372. The van der Waals surface area contributed by atoms with Crippen LogP contribution in [0.15, 0.2) is 42.9 Å². The molecule has 2 rings (SSSR count). The van der Waals surface area contributed by atoms with Gasteiger partial charge in [0.25, 0.3) is 5.78 Å². The van der Waals surface area contributed by atoms with Gasteiger partial charge in [-0.25, -0.2) is 4.79 Å². The average Bonchev–Trinajstić information content (AvgIpc) is 2.88. The third-order valence-corrected chi connectivity index (χ3v) is 2.72. The number of hydrogen-bond acceptors (Lipinski definition) is 4. The molecule has 0 fully saturated rings. The number of aliphatic hydroxyl groups excluding tert-OH is 1. The summed E-state index contributed by atoms with van der Waals surface area (Å²) in [5.74, 6) is -3.15. The van der Waals surface area contributed by atoms with E-state index in [1.54, 1.807) is 24.7 Å². The van der Waals surface area contributed by atoms with Crippen LogP contribution in [0.4, 0.5) is 0 Å². The summed E-state index contributed by atoms with van der Waals surface area (Å²) in [7, 11) is 0. The van der Waals surface area contributed by atoms with Crippen molar-refractivity contribution in [1.29, 1.82) is 0 Å². The molecule has 0 aliphatic rings. The predicted molar refractivity (Wildman–Crippen MR) is 71.1 cm³/mol. The van der Waals surface area contributed by atoms with Crippen LogP contribution in [0, 0.1) is 0 Å². The van der Waals surface area contributed by atoms with Gasteiger partial charge in [0.05, 0.1) is 0 Å². The van der Waals surface area contributed by atoms with E-state index in [0.717, 1.165) is 5.56 Å². The lowest BCUT2D eigenvalue weighted by atomic mass is 10.1. The number of carboxylic acids is 1. The van der Waals surface area contributed by atoms with E-state index in [-0.39, 0.29) is 5.76 Å². The Morgan fingerprint density at radius 1 is 1.20 bits per heavy atom. The Kier molecular flexibility index (Phi) is 3.95. The number of rotatable bonds is 5. The maximum Gasteiger partial charge on any atom is 0.376 e. The van der Waals surface area contributed by atoms with Gasteiger partial charge in [0.1, 0.15) is 5.76 Å². The maximum absolute atomic E-state index is 11.1. The van der Waals surface area contributed by atoms with Crippen LogP contribution in [0.5, 0.6) is 0 Å². The van der Waals surface area contributed by atoms with Crippen molar-refractivity contribution < 1.29 is 19.8 Å². The Morgan fingerprint density at radius 2 is 1.90 bits per heavy atom. The molecule has 20 heavy (non-hydrogen) atoms. The molecular formula is C14H12N2O4. The van der Waals surface area contributed by atoms with E-state index in [1.165, 1.54) is 0 Å². The lowest BCUT2D eigenvalue weighted by molar-refractivity contribution is -0.146. The summed E-state index contributed by atoms with van der Waals surface area (Å²) < 4.78 is 0. The summed E-state index contributed by atoms with van der Waals surface area (Å²) in [6, 6.07) is 5.24. The number of aliphatic carboxylic acids is 1. The number of aromatic amines is 1. The number of H-pyrrole nitrogens is 1. The number of ketones is 1. The number of hydrogen-bond donors (Lipinski definition) is 3. The van der Waals surface area contributed by atoms with Crippen LogP contribution in [-0.4, -0.2) is 31.9 Å². The van der Waals surface area contributed by atoms with Crippen LogP contribution in [0.1, 0.15) is 16.8 Å². The molecule has 0 aliphatic carbocycles. The summed E-state index contributed by atoms with van der Waals surface area (Å²) >= 11 is 0. The molecule has 0 atom stereocenters. The number of carboxylic acid groups (broad SMARTS) is 1. The van der Waals surface area contributed by atoms with Crippen LogP contribution >= 0.6 is 0 Å². The van der Waals surface area contributed by atoms with Crippen molar-refractivity contribution in [1.82, 2.24) is 9.97 Å². The van der Waals surface area contributed by atoms with E-state index in [1.807, 2.05) is 12.1 Å². The van der Waals surface area contributed by atoms with Gasteiger partial charge >= 0.3 is 5.97 Å². The molecule has 0 saturated heterocycles. The normalized spacial score (nSPS) is 11.3. The van der Waals surface area contributed by atoms with Gasteiger partial charge in [-0.1, -0.05) is 0 Å². The zero-order chi connectivity index (χ0) is 14.5. The van der Waals surface area contributed by atoms with Gasteiger partial charge in [0.2, 0.25) is 0 Å². The van der Waals surface area contributed by atoms with Crippen molar-refractivity contribution >= 4 is 17.5 Å². The first-order chi connectivity index (χ1) is 9.58. The summed E-state index contributed by atoms with van der Waals surface area (Å²) in [5, 5.41) is 18.3. The molecule has 0 radical (unpaired) electrons. The Balaban J connectivity index is 2.25. The second-order valence-electron chi connectivity index (χ2n) is 4.10. The van der Waals surface area contributed by atoms with Crippen molar-refractivity contribution in [3.63, 3.8) is 0 Å². The van der Waals surface area contributed by atoms with Gasteiger partial charge in [-0.05, 0) is 23.8 Å². The molecule has 2 aromatic rings. The fourth-order valence-electron chi connectivity index (χ4n) is 1.76. The van der Waals surface area contributed by atoms with Crippen LogP contribution in [0.2, 0.25) is 0 Å². The first-order valence-corrected chi connectivity index (χ1v) is 5.81. The van der Waals surface area contributed by atoms with E-state index in [2.05, 4.69) is 9.97 Å². The summed E-state index contributed by atoms with van der Waals surface area (Å²) in [6.07, 6.45) is 6.12. The van der Waals surface area contributed by atoms with Crippen LogP contribution in [0.3, 0.4) is 0 Å². The molecule has 6 heteroatoms. The highest BCUT2D eigenvalue weighted by atomic mass is 16.4. The van der Waals surface area contributed by atoms with E-state index in [0.29, 0.717) is 23.8 Å². The molecule has 102 valence electrons. The molecule has 0 bridgehead atoms. The van der Waals surface area contributed by atoms with Gasteiger partial charge < -0.3 is 15.2 Å². The highest BCUT2D eigenvalue weighted by Crippen LogP contribution is 2.19. The topological polar surface area (TPSA) is 103 Å². The fourth-order valence-corrected chi connectivity index (χ4v) is 1.76. The summed E-state index contributed by atoms with van der Waals surface area (Å²) in [6.45, 7) is 0. The number of pyridine rings is 1. The molecule has 3 N–H and O–H groups in total. The van der Waals surface area contributed by atoms with Crippen molar-refractivity contribution in [3.05, 3.63) is 59.7 Å². The molecule has 6 nitrogen and oxygen atoms in total. The van der Waals surface area contributed by atoms with E-state index >= 15 is 0 Å². The van der Waals surface area contributed by atoms with Gasteiger partial charge in [-0.3, -0.25) is 9.78 Å². The molecular weight excluding hydrogens is 260 g/mol. The standard InChI is InChI=1S/C14H12N2O4/c17-12(8-13(18)14(19)20)10-3-6-16-11(10)7-9-1-4-15-5-2-9/h1-6,8,16-17H,7H2,(H,19,20). The van der Waals surface area contributed by atoms with Crippen molar-refractivity contribution in [2.24, 2.45) is 0 Å². The quantitative estimate of drug-likeness (QED) is 0.435. The van der Waals surface area contributed by atoms with Crippen molar-refractivity contribution in [2.45, 2.75) is 6.42 Å². The highest BCUT2D eigenvalue weighted by molar-refractivity contribution is 6.38. The first kappa shape index (κ1) is 13.5. The van der Waals surface area contributed by atoms with Gasteiger partial charge in [0.15, 0.2) is 0 Å². The number of carbonyl (C=O) groups excluding carboxylic acids is 1. The Morgan fingerprint density at radius 3 is 2.55 bits per heavy atom. The molecule has 0 spiro atoms. The maximum atomic E-state index is 11.1. The van der Waals surface area contributed by atoms with Gasteiger partial charge in [-0.2, -0.15) is 0 Å². The zero-order valence-corrected chi connectivity index (χ0v) is 10.4. The van der Waals surface area contributed by atoms with Crippen LogP contribution in [0.25, 0.3) is 5.76 Å². The summed E-state index contributed by atoms with van der Waals surface area (Å²) in [5.41, 5.74) is 2.06. The smallest absolute Gasteiger partial charge is 0.376 e. The van der Waals surface area contributed by atoms with Gasteiger partial charge in [-0.15, -0.1) is 0 Å². The highest BCUT2D eigenvalue weighted by Gasteiger charge is 2.13. The Hall–Kier alpha value is -2.89. The first-order valence-electron chi connectivity index (χ1n) is 5.81. The molecule has 2 heterocycles. The number of aromatic nitrogens is 2. The Labute approximate surface area is 114 Å². The zero-order valence-electron chi connectivity index (χ0n) is 10.4. The molecule has 0 aliphatic heterocycles. The van der Waals surface area contributed by atoms with E-state index < -0.39 is 11.8 Å². The van der Waals surface area contributed by atoms with Crippen LogP contribution in [-0.2, 0) is 16.0 Å². The molecule has 2 aromatic heterocycles. The predicted octanol–water partition coefficient (Wildman–Crippen LogP) is 1.55. The SMILES string of the molecule is O=C(O)C(=O)C=C(O)c1cc[nH]c1Cc1ccncc1. The second kappa shape index (κ2) is 5.83. The molecule has 0 aromatic carbocycles. The van der Waals surface area contributed by atoms with E-state index in [9.17, 15) is 14.7 Å². The minimum atomic E-state index is -1.61. The number of carbonyl (C=O) groups is 2. The molecule has 0 saturated carbocycles. The van der Waals surface area contributed by atoms with E-state index in [4.69, 9.17) is 5.11 Å². The van der Waals surface area contributed by atoms with Crippen LogP contribution < -0.4 is 0 Å². The minimum Gasteiger partial charge on any atom is -0.507 e. The van der Waals surface area contributed by atoms with Gasteiger partial charge in [0, 0.05) is 42.3 Å². The molecule has 0 unspecified atom stereocenters. The summed E-state index contributed by atoms with van der Waals surface area (Å²) in [4.78, 5) is 28.4. The third kappa shape index (κ3) is 3.11. The largest absolute Gasteiger partial charge is 0.507 e. The monoisotopic (exact) mass is 272 g/mol. The number of nitrogens with one attached hydrogen (secondary N) is 1. The average molecular weight is 272 g/mol. The number of nitrogens with zero attached hydrogens (tertiary/aromatic N) is 1. The number of aliphatic hydroxyl groups is 1. The lowest BCUT2D eigenvalue weighted by Gasteiger charge is -2.03. The second-order valence-corrected chi connectivity index (χ2v) is 4.10. The van der Waals surface area contributed by atoms with Crippen molar-refractivity contribution in [3.8, 4) is 0 Å². The third-order valence-electron chi connectivity index (χ3n) is 2.72. The Bertz CT molecular complexity index is 659. The van der Waals surface area contributed by atoms with Crippen molar-refractivity contribution in [2.75, 3.05) is 0 Å². The lowest BCUT2D eigenvalue weighted by Crippen LogP contribution is -2.09. The fraction of sp³-hybridized carbons (Fsp3) is 0.0714.